The van der Waals surface area contributed by atoms with Crippen LogP contribution in [-0.4, -0.2) is 8.30 Å². The summed E-state index contributed by atoms with van der Waals surface area (Å²) < 4.78 is 7.28. The van der Waals surface area contributed by atoms with Gasteiger partial charge in [0.2, 0.25) is 0 Å². The third-order valence-corrected chi connectivity index (χ3v) is 2.27. The Balaban J connectivity index is 3.14. The molecule has 0 aliphatic rings. The first-order valence-electron chi connectivity index (χ1n) is 2.54. The monoisotopic (exact) mass is 215 g/mol. The molecule has 0 radical (unpaired) electrons. The first-order chi connectivity index (χ1) is 3.18. The first kappa shape index (κ1) is 5.36. The van der Waals surface area contributed by atoms with Gasteiger partial charge in [-0.05, 0) is 1.34 Å². The lowest BCUT2D eigenvalue weighted by molar-refractivity contribution is 1.07. The molecule has 0 aromatic heterocycles. The second-order valence-corrected chi connectivity index (χ2v) is 3.94. The summed E-state index contributed by atoms with van der Waals surface area (Å²) in [5.74, 6) is 0.537. The SMILES string of the molecule is [2H]B(PI)C(C)C. The predicted molar refractivity (Wildman–Crippen MR) is 44.6 cm³/mol. The van der Waals surface area contributed by atoms with Crippen molar-refractivity contribution >= 4 is 35.1 Å². The fraction of sp³-hybridized carbons (Fsp3) is 1.00. The number of halogens is 1. The van der Waals surface area contributed by atoms with Gasteiger partial charge in [-0.25, -0.2) is 0 Å². The van der Waals surface area contributed by atoms with Crippen LogP contribution in [0.5, 0.6) is 0 Å². The van der Waals surface area contributed by atoms with E-state index in [1.165, 1.54) is 0 Å². The number of rotatable bonds is 2. The molecule has 0 rings (SSSR count). The molecule has 3 heteroatoms. The highest BCUT2D eigenvalue weighted by atomic mass is 127. The molecule has 0 aliphatic heterocycles. The van der Waals surface area contributed by atoms with E-state index in [-0.39, 0.29) is 6.96 Å². The molecule has 0 amide bonds. The Hall–Kier alpha value is 1.22. The smallest absolute Gasteiger partial charge is 0.0944 e. The average Bonchev–Trinajstić information content (AvgIpc) is 1.65. The lowest BCUT2D eigenvalue weighted by Crippen LogP contribution is -1.81. The van der Waals surface area contributed by atoms with Crippen molar-refractivity contribution in [3.8, 4) is 0 Å². The zero-order valence-electron chi connectivity index (χ0n) is 5.03. The van der Waals surface area contributed by atoms with E-state index in [4.69, 9.17) is 1.34 Å². The number of hydrogen-bond acceptors (Lipinski definition) is 0. The van der Waals surface area contributed by atoms with Crippen molar-refractivity contribution in [2.75, 3.05) is 0 Å². The highest BCUT2D eigenvalue weighted by Gasteiger charge is 1.90. The van der Waals surface area contributed by atoms with E-state index in [2.05, 4.69) is 35.9 Å². The van der Waals surface area contributed by atoms with E-state index in [0.29, 0.717) is 5.82 Å². The third-order valence-electron chi connectivity index (χ3n) is 0.396. The molecule has 0 aromatic rings. The lowest BCUT2D eigenvalue weighted by Gasteiger charge is -1.92. The van der Waals surface area contributed by atoms with Crippen molar-refractivity contribution in [2.45, 2.75) is 19.7 Å². The summed E-state index contributed by atoms with van der Waals surface area (Å²) in [6.45, 7) is 4.34. The average molecular weight is 215 g/mol. The maximum Gasteiger partial charge on any atom is 0.164 e. The van der Waals surface area contributed by atoms with Crippen LogP contribution in [0.4, 0.5) is 0 Å². The Labute approximate surface area is 56.3 Å². The van der Waals surface area contributed by atoms with Crippen molar-refractivity contribution in [1.29, 1.82) is 1.34 Å². The van der Waals surface area contributed by atoms with Crippen LogP contribution < -0.4 is 0 Å². The van der Waals surface area contributed by atoms with E-state index in [9.17, 15) is 0 Å². The predicted octanol–water partition coefficient (Wildman–Crippen LogP) is 2.19. The summed E-state index contributed by atoms with van der Waals surface area (Å²) >= 11 is 2.27. The Bertz CT molecular complexity index is 52.2. The number of hydrogen-bond donors (Lipinski definition) is 0. The fourth-order valence-electron chi connectivity index (χ4n) is 0.126. The van der Waals surface area contributed by atoms with Crippen LogP contribution in [0.15, 0.2) is 0 Å². The minimum Gasteiger partial charge on any atom is -0.0944 e. The van der Waals surface area contributed by atoms with Crippen molar-refractivity contribution in [1.82, 2.24) is 0 Å². The first-order valence-corrected chi connectivity index (χ1v) is 6.16. The van der Waals surface area contributed by atoms with E-state index < -0.39 is 0 Å². The molecule has 0 spiro atoms. The quantitative estimate of drug-likeness (QED) is 0.376. The van der Waals surface area contributed by atoms with Gasteiger partial charge in [0.05, 0.1) is 0 Å². The van der Waals surface area contributed by atoms with Gasteiger partial charge in [-0.3, -0.25) is 0 Å². The van der Waals surface area contributed by atoms with E-state index in [1.54, 1.807) is 0 Å². The van der Waals surface area contributed by atoms with Crippen molar-refractivity contribution < 1.29 is 0 Å². The lowest BCUT2D eigenvalue weighted by atomic mass is 9.90. The van der Waals surface area contributed by atoms with E-state index >= 15 is 0 Å². The Morgan fingerprint density at radius 1 is 2.00 bits per heavy atom. The molecule has 0 N–H and O–H groups in total. The minimum absolute atomic E-state index is 0.167. The summed E-state index contributed by atoms with van der Waals surface area (Å²) in [6.07, 6.45) is 0.749. The Kier molecular flexibility index (Phi) is 3.92. The molecule has 0 saturated heterocycles. The molecule has 1 atom stereocenters. The van der Waals surface area contributed by atoms with Crippen LogP contribution in [0.25, 0.3) is 0 Å². The molecule has 6 heavy (non-hydrogen) atoms. The second-order valence-electron chi connectivity index (χ2n) is 1.52. The van der Waals surface area contributed by atoms with Crippen LogP contribution in [0.1, 0.15) is 13.8 Å². The summed E-state index contributed by atoms with van der Waals surface area (Å²) in [5, 5.41) is 0. The topological polar surface area (TPSA) is 0 Å². The summed E-state index contributed by atoms with van der Waals surface area (Å²) in [6, 6.07) is 0. The van der Waals surface area contributed by atoms with Gasteiger partial charge in [0.15, 0.2) is 6.96 Å². The maximum atomic E-state index is 7.28. The molecule has 0 nitrogen and oxygen atoms in total. The summed E-state index contributed by atoms with van der Waals surface area (Å²) in [4.78, 5) is 0. The third kappa shape index (κ3) is 5.22. The van der Waals surface area contributed by atoms with Gasteiger partial charge >= 0.3 is 0 Å². The summed E-state index contributed by atoms with van der Waals surface area (Å²) in [5.41, 5.74) is 0. The molecular weight excluding hydrogens is 205 g/mol. The van der Waals surface area contributed by atoms with Crippen molar-refractivity contribution in [3.05, 3.63) is 0 Å². The molecule has 0 fully saturated rings. The Morgan fingerprint density at radius 2 is 2.50 bits per heavy atom. The van der Waals surface area contributed by atoms with Crippen LogP contribution in [0.2, 0.25) is 5.82 Å². The van der Waals surface area contributed by atoms with Gasteiger partial charge < -0.3 is 0 Å². The van der Waals surface area contributed by atoms with Crippen LogP contribution in [-0.2, 0) is 0 Å². The largest absolute Gasteiger partial charge is 0.164 e. The highest BCUT2D eigenvalue weighted by molar-refractivity contribution is 14.2. The molecule has 0 aliphatic carbocycles. The zero-order valence-corrected chi connectivity index (χ0v) is 7.19. The standard InChI is InChI=1S/C3H9BIP/c1-3(2)4-6-5/h3-4,6H,1-2H3/i4D. The van der Waals surface area contributed by atoms with Crippen molar-refractivity contribution in [2.24, 2.45) is 0 Å². The van der Waals surface area contributed by atoms with Gasteiger partial charge in [-0.2, -0.15) is 0 Å². The van der Waals surface area contributed by atoms with Crippen LogP contribution in [0, 0.1) is 0 Å². The molecule has 1 unspecified atom stereocenters. The molecule has 0 bridgehead atoms. The molecular formula is C3H9BIP. The van der Waals surface area contributed by atoms with Gasteiger partial charge in [0, 0.05) is 0 Å². The van der Waals surface area contributed by atoms with E-state index in [1.807, 2.05) is 0 Å². The Morgan fingerprint density at radius 3 is 2.50 bits per heavy atom. The normalized spacial score (nSPS) is 13.7. The van der Waals surface area contributed by atoms with Gasteiger partial charge in [-0.1, -0.05) is 47.8 Å². The van der Waals surface area contributed by atoms with Gasteiger partial charge in [0.1, 0.15) is 0 Å². The van der Waals surface area contributed by atoms with Crippen molar-refractivity contribution in [3.63, 3.8) is 0 Å². The summed E-state index contributed by atoms with van der Waals surface area (Å²) in [7, 11) is 0. The molecule has 36 valence electrons. The van der Waals surface area contributed by atoms with Crippen LogP contribution in [0.3, 0.4) is 0 Å². The van der Waals surface area contributed by atoms with Crippen LogP contribution >= 0.6 is 28.1 Å². The zero-order chi connectivity index (χ0) is 5.86. The molecule has 0 saturated carbocycles. The second kappa shape index (κ2) is 4.39. The molecule has 0 heterocycles. The highest BCUT2D eigenvalue weighted by Crippen LogP contribution is 2.22. The fourth-order valence-corrected chi connectivity index (χ4v) is 2.54. The maximum absolute atomic E-state index is 7.28. The molecule has 0 aromatic carbocycles. The van der Waals surface area contributed by atoms with Gasteiger partial charge in [-0.15, -0.1) is 0 Å². The van der Waals surface area contributed by atoms with E-state index in [0.717, 1.165) is 6.10 Å². The minimum atomic E-state index is 0.167. The van der Waals surface area contributed by atoms with Gasteiger partial charge in [0.25, 0.3) is 0 Å².